The molecule has 3 heterocycles. The van der Waals surface area contributed by atoms with Crippen LogP contribution < -0.4 is 10.1 Å². The molecule has 0 unspecified atom stereocenters. The molecule has 3 amide bonds. The Balaban J connectivity index is 1.33. The normalized spacial score (nSPS) is 18.3. The molecule has 2 aromatic carbocycles. The van der Waals surface area contributed by atoms with E-state index >= 15 is 0 Å². The number of carbonyl (C=O) groups is 3. The molecule has 0 radical (unpaired) electrons. The molecule has 9 nitrogen and oxygen atoms in total. The molecule has 1 aromatic heterocycles. The number of aromatic nitrogens is 1. The summed E-state index contributed by atoms with van der Waals surface area (Å²) in [7, 11) is 1.58. The summed E-state index contributed by atoms with van der Waals surface area (Å²) in [5, 5.41) is 2.93. The molecule has 1 spiro atoms. The van der Waals surface area contributed by atoms with Crippen LogP contribution in [0.1, 0.15) is 39.1 Å². The Bertz CT molecular complexity index is 1280. The zero-order chi connectivity index (χ0) is 26.5. The molecule has 2 saturated heterocycles. The van der Waals surface area contributed by atoms with Gasteiger partial charge >= 0.3 is 0 Å². The van der Waals surface area contributed by atoms with Crippen molar-refractivity contribution in [3.8, 4) is 5.75 Å². The molecule has 5 rings (SSSR count). The minimum Gasteiger partial charge on any atom is -0.497 e. The SMILES string of the molecule is COc1ccc(C(=O)N2CCC3(CC2)OC[C@H](C(=O)NCc2cccnc2)N3C(=O)c2ccccc2)cc1. The van der Waals surface area contributed by atoms with Gasteiger partial charge < -0.3 is 19.7 Å². The van der Waals surface area contributed by atoms with Gasteiger partial charge in [0.1, 0.15) is 17.5 Å². The zero-order valence-corrected chi connectivity index (χ0v) is 21.2. The van der Waals surface area contributed by atoms with Crippen molar-refractivity contribution in [3.05, 3.63) is 95.8 Å². The van der Waals surface area contributed by atoms with Crippen molar-refractivity contribution in [2.75, 3.05) is 26.8 Å². The highest BCUT2D eigenvalue weighted by molar-refractivity contribution is 5.98. The number of pyridine rings is 1. The number of rotatable bonds is 6. The van der Waals surface area contributed by atoms with Crippen molar-refractivity contribution >= 4 is 17.7 Å². The van der Waals surface area contributed by atoms with Crippen molar-refractivity contribution in [2.45, 2.75) is 31.2 Å². The maximum absolute atomic E-state index is 13.8. The first-order valence-electron chi connectivity index (χ1n) is 12.6. The van der Waals surface area contributed by atoms with E-state index in [1.165, 1.54) is 0 Å². The Morgan fingerprint density at radius 2 is 1.68 bits per heavy atom. The van der Waals surface area contributed by atoms with Gasteiger partial charge in [-0.25, -0.2) is 0 Å². The predicted molar refractivity (Wildman–Crippen MR) is 139 cm³/mol. The minimum absolute atomic E-state index is 0.0872. The number of amides is 3. The van der Waals surface area contributed by atoms with Gasteiger partial charge in [0.25, 0.3) is 11.8 Å². The predicted octanol–water partition coefficient (Wildman–Crippen LogP) is 2.88. The van der Waals surface area contributed by atoms with Crippen LogP contribution in [-0.2, 0) is 16.1 Å². The number of carbonyl (C=O) groups excluding carboxylic acids is 3. The lowest BCUT2D eigenvalue weighted by Crippen LogP contribution is -2.59. The summed E-state index contributed by atoms with van der Waals surface area (Å²) in [6.45, 7) is 1.18. The number of hydrogen-bond donors (Lipinski definition) is 1. The Morgan fingerprint density at radius 3 is 2.34 bits per heavy atom. The minimum atomic E-state index is -0.972. The molecule has 2 aliphatic rings. The first-order chi connectivity index (χ1) is 18.5. The van der Waals surface area contributed by atoms with Gasteiger partial charge in [0.05, 0.1) is 13.7 Å². The third-order valence-corrected chi connectivity index (χ3v) is 7.16. The van der Waals surface area contributed by atoms with Crippen molar-refractivity contribution in [1.82, 2.24) is 20.1 Å². The highest BCUT2D eigenvalue weighted by Gasteiger charge is 2.54. The monoisotopic (exact) mass is 514 g/mol. The first kappa shape index (κ1) is 25.4. The lowest BCUT2D eigenvalue weighted by Gasteiger charge is -2.44. The fourth-order valence-corrected chi connectivity index (χ4v) is 5.07. The highest BCUT2D eigenvalue weighted by Crippen LogP contribution is 2.39. The van der Waals surface area contributed by atoms with Gasteiger partial charge in [-0.15, -0.1) is 0 Å². The van der Waals surface area contributed by atoms with Crippen molar-refractivity contribution < 1.29 is 23.9 Å². The molecule has 9 heteroatoms. The lowest BCUT2D eigenvalue weighted by atomic mass is 9.96. The molecule has 38 heavy (non-hydrogen) atoms. The second-order valence-corrected chi connectivity index (χ2v) is 9.41. The van der Waals surface area contributed by atoms with E-state index in [1.807, 2.05) is 12.1 Å². The summed E-state index contributed by atoms with van der Waals surface area (Å²) in [5.74, 6) is 0.0416. The third kappa shape index (κ3) is 5.10. The highest BCUT2D eigenvalue weighted by atomic mass is 16.5. The van der Waals surface area contributed by atoms with Crippen molar-refractivity contribution in [1.29, 1.82) is 0 Å². The van der Waals surface area contributed by atoms with E-state index < -0.39 is 11.8 Å². The largest absolute Gasteiger partial charge is 0.497 e. The average molecular weight is 515 g/mol. The van der Waals surface area contributed by atoms with Gasteiger partial charge in [-0.3, -0.25) is 24.3 Å². The molecular weight excluding hydrogens is 484 g/mol. The van der Waals surface area contributed by atoms with Crippen LogP contribution in [0.15, 0.2) is 79.1 Å². The number of likely N-dealkylation sites (tertiary alicyclic amines) is 1. The summed E-state index contributed by atoms with van der Waals surface area (Å²) in [4.78, 5) is 47.7. The average Bonchev–Trinajstić information content (AvgIpc) is 3.35. The Morgan fingerprint density at radius 1 is 0.974 bits per heavy atom. The van der Waals surface area contributed by atoms with Crippen LogP contribution in [0.4, 0.5) is 0 Å². The summed E-state index contributed by atoms with van der Waals surface area (Å²) in [5.41, 5.74) is 0.943. The van der Waals surface area contributed by atoms with Gasteiger partial charge in [-0.1, -0.05) is 24.3 Å². The maximum Gasteiger partial charge on any atom is 0.256 e. The fourth-order valence-electron chi connectivity index (χ4n) is 5.07. The number of ether oxygens (including phenoxy) is 2. The number of nitrogens with one attached hydrogen (secondary N) is 1. The van der Waals surface area contributed by atoms with E-state index in [4.69, 9.17) is 9.47 Å². The van der Waals surface area contributed by atoms with Gasteiger partial charge in [-0.05, 0) is 48.0 Å². The summed E-state index contributed by atoms with van der Waals surface area (Å²) in [6, 6.07) is 18.8. The van der Waals surface area contributed by atoms with E-state index in [2.05, 4.69) is 10.3 Å². The molecular formula is C29H30N4O5. The summed E-state index contributed by atoms with van der Waals surface area (Å²) in [6.07, 6.45) is 4.17. The van der Waals surface area contributed by atoms with Crippen LogP contribution in [0.3, 0.4) is 0 Å². The van der Waals surface area contributed by atoms with Crippen LogP contribution >= 0.6 is 0 Å². The van der Waals surface area contributed by atoms with Crippen molar-refractivity contribution in [2.24, 2.45) is 0 Å². The van der Waals surface area contributed by atoms with Crippen LogP contribution in [0.25, 0.3) is 0 Å². The van der Waals surface area contributed by atoms with E-state index in [0.29, 0.717) is 49.4 Å². The van der Waals surface area contributed by atoms with E-state index in [9.17, 15) is 14.4 Å². The molecule has 0 bridgehead atoms. The smallest absolute Gasteiger partial charge is 0.256 e. The number of piperidine rings is 1. The fraction of sp³-hybridized carbons (Fsp3) is 0.310. The molecule has 2 fully saturated rings. The number of hydrogen-bond acceptors (Lipinski definition) is 6. The van der Waals surface area contributed by atoms with Gasteiger partial charge in [0, 0.05) is 56.0 Å². The molecule has 1 N–H and O–H groups in total. The standard InChI is InChI=1S/C29H30N4O5/c1-37-24-11-9-23(10-12-24)27(35)32-16-13-29(14-17-32)33(28(36)22-7-3-2-4-8-22)25(20-38-29)26(34)31-19-21-6-5-15-30-18-21/h2-12,15,18,25H,13-14,16-17,19-20H2,1H3,(H,31,34)/t25-/m1/s1. The van der Waals surface area contributed by atoms with Crippen molar-refractivity contribution in [3.63, 3.8) is 0 Å². The summed E-state index contributed by atoms with van der Waals surface area (Å²) < 4.78 is 11.4. The second kappa shape index (κ2) is 11.0. The molecule has 0 saturated carbocycles. The molecule has 1 atom stereocenters. The third-order valence-electron chi connectivity index (χ3n) is 7.16. The van der Waals surface area contributed by atoms with Crippen LogP contribution in [0.2, 0.25) is 0 Å². The van der Waals surface area contributed by atoms with E-state index in [0.717, 1.165) is 5.56 Å². The Labute approximate surface area is 221 Å². The second-order valence-electron chi connectivity index (χ2n) is 9.41. The van der Waals surface area contributed by atoms with Gasteiger partial charge in [-0.2, -0.15) is 0 Å². The van der Waals surface area contributed by atoms with Gasteiger partial charge in [0.2, 0.25) is 5.91 Å². The van der Waals surface area contributed by atoms with E-state index in [-0.39, 0.29) is 24.3 Å². The number of benzene rings is 2. The lowest BCUT2D eigenvalue weighted by molar-refractivity contribution is -0.128. The quantitative estimate of drug-likeness (QED) is 0.543. The topological polar surface area (TPSA) is 101 Å². The maximum atomic E-state index is 13.8. The molecule has 2 aliphatic heterocycles. The molecule has 3 aromatic rings. The first-order valence-corrected chi connectivity index (χ1v) is 12.6. The molecule has 0 aliphatic carbocycles. The Kier molecular flexibility index (Phi) is 7.37. The van der Waals surface area contributed by atoms with E-state index in [1.54, 1.807) is 83.9 Å². The number of methoxy groups -OCH3 is 1. The van der Waals surface area contributed by atoms with Crippen LogP contribution in [0.5, 0.6) is 5.75 Å². The van der Waals surface area contributed by atoms with Gasteiger partial charge in [0.15, 0.2) is 0 Å². The summed E-state index contributed by atoms with van der Waals surface area (Å²) >= 11 is 0. The zero-order valence-electron chi connectivity index (χ0n) is 21.2. The molecule has 196 valence electrons. The number of nitrogens with zero attached hydrogens (tertiary/aromatic N) is 3. The van der Waals surface area contributed by atoms with Crippen LogP contribution in [-0.4, -0.2) is 71.1 Å². The Hall–Kier alpha value is -4.24. The van der Waals surface area contributed by atoms with Crippen LogP contribution in [0, 0.1) is 0 Å².